The van der Waals surface area contributed by atoms with Gasteiger partial charge in [0, 0.05) is 10.0 Å². The Bertz CT molecular complexity index is 753. The third kappa shape index (κ3) is 1.98. The molecule has 0 saturated heterocycles. The van der Waals surface area contributed by atoms with Crippen molar-refractivity contribution >= 4 is 27.3 Å². The Morgan fingerprint density at radius 1 is 1.32 bits per heavy atom. The van der Waals surface area contributed by atoms with Crippen molar-refractivity contribution in [1.82, 2.24) is 14.6 Å². The highest BCUT2D eigenvalue weighted by molar-refractivity contribution is 9.10. The number of aliphatic hydroxyl groups excluding tert-OH is 1. The molecule has 19 heavy (non-hydrogen) atoms. The summed E-state index contributed by atoms with van der Waals surface area (Å²) in [4.78, 5) is 3.98. The number of benzene rings is 1. The Morgan fingerprint density at radius 2 is 2.16 bits per heavy atom. The number of hydrogen-bond acceptors (Lipinski definition) is 4. The third-order valence-corrected chi connectivity index (χ3v) is 3.55. The van der Waals surface area contributed by atoms with Crippen LogP contribution in [0.3, 0.4) is 0 Å². The van der Waals surface area contributed by atoms with E-state index in [1.807, 2.05) is 30.3 Å². The van der Waals surface area contributed by atoms with Gasteiger partial charge in [-0.05, 0) is 33.6 Å². The molecule has 1 aromatic carbocycles. The first-order chi connectivity index (χ1) is 9.20. The summed E-state index contributed by atoms with van der Waals surface area (Å²) in [6.45, 7) is 0.00937. The van der Waals surface area contributed by atoms with Gasteiger partial charge in [0.25, 0.3) is 0 Å². The summed E-state index contributed by atoms with van der Waals surface area (Å²) in [6, 6.07) is 9.60. The van der Waals surface area contributed by atoms with Gasteiger partial charge in [0.1, 0.15) is 11.8 Å². The molecule has 0 saturated carbocycles. The largest absolute Gasteiger partial charge is 0.392 e. The van der Waals surface area contributed by atoms with Gasteiger partial charge in [0.2, 0.25) is 0 Å². The second-order valence-electron chi connectivity index (χ2n) is 4.14. The summed E-state index contributed by atoms with van der Waals surface area (Å²) in [5, 5.41) is 13.4. The molecular weight excluding hydrogens is 308 g/mol. The van der Waals surface area contributed by atoms with Gasteiger partial charge in [0.15, 0.2) is 5.82 Å². The van der Waals surface area contributed by atoms with E-state index in [2.05, 4.69) is 26.0 Å². The van der Waals surface area contributed by atoms with Crippen LogP contribution >= 0.6 is 15.9 Å². The molecule has 2 heterocycles. The number of aliphatic hydroxyl groups is 1. The lowest BCUT2D eigenvalue weighted by molar-refractivity contribution is 0.282. The minimum absolute atomic E-state index is 0.00937. The van der Waals surface area contributed by atoms with Gasteiger partial charge >= 0.3 is 0 Å². The van der Waals surface area contributed by atoms with Crippen LogP contribution in [0.2, 0.25) is 0 Å². The van der Waals surface area contributed by atoms with Crippen LogP contribution in [0.15, 0.2) is 41.1 Å². The fraction of sp³-hybridized carbons (Fsp3) is 0.0769. The van der Waals surface area contributed by atoms with Gasteiger partial charge in [-0.2, -0.15) is 5.10 Å². The predicted octanol–water partition coefficient (Wildman–Crippen LogP) is 2.23. The summed E-state index contributed by atoms with van der Waals surface area (Å²) >= 11 is 3.47. The molecule has 0 amide bonds. The van der Waals surface area contributed by atoms with Crippen molar-refractivity contribution in [2.45, 2.75) is 6.61 Å². The zero-order valence-electron chi connectivity index (χ0n) is 9.92. The average molecular weight is 319 g/mol. The van der Waals surface area contributed by atoms with Crippen LogP contribution < -0.4 is 5.73 Å². The van der Waals surface area contributed by atoms with E-state index in [-0.39, 0.29) is 6.61 Å². The number of hydrogen-bond donors (Lipinski definition) is 2. The first kappa shape index (κ1) is 12.1. The fourth-order valence-electron chi connectivity index (χ4n) is 2.06. The first-order valence-corrected chi connectivity index (χ1v) is 6.48. The Labute approximate surface area is 117 Å². The second-order valence-corrected chi connectivity index (χ2v) is 5.00. The standard InChI is InChI=1S/C13H11BrN4O/c14-10-5-11(9-3-1-2-8(4-9)6-19)18-12(10)13(15)16-7-17-18/h1-5,7,19H,6H2,(H2,15,16,17). The zero-order chi connectivity index (χ0) is 13.4. The summed E-state index contributed by atoms with van der Waals surface area (Å²) in [7, 11) is 0. The Hall–Kier alpha value is -1.92. The van der Waals surface area contributed by atoms with E-state index in [0.29, 0.717) is 5.82 Å². The van der Waals surface area contributed by atoms with E-state index in [1.54, 1.807) is 4.52 Å². The molecule has 0 fully saturated rings. The number of anilines is 1. The molecule has 3 aromatic rings. The van der Waals surface area contributed by atoms with Gasteiger partial charge in [0.05, 0.1) is 12.3 Å². The molecule has 0 aliphatic rings. The molecule has 0 aliphatic carbocycles. The van der Waals surface area contributed by atoms with Crippen molar-refractivity contribution < 1.29 is 5.11 Å². The lowest BCUT2D eigenvalue weighted by atomic mass is 10.1. The summed E-state index contributed by atoms with van der Waals surface area (Å²) in [5.74, 6) is 0.423. The fourth-order valence-corrected chi connectivity index (χ4v) is 2.65. The highest BCUT2D eigenvalue weighted by atomic mass is 79.9. The number of nitrogens with two attached hydrogens (primary N) is 1. The minimum Gasteiger partial charge on any atom is -0.392 e. The van der Waals surface area contributed by atoms with Crippen molar-refractivity contribution in [3.8, 4) is 11.3 Å². The van der Waals surface area contributed by atoms with Gasteiger partial charge in [-0.25, -0.2) is 9.50 Å². The second kappa shape index (κ2) is 4.64. The zero-order valence-corrected chi connectivity index (χ0v) is 11.5. The van der Waals surface area contributed by atoms with Gasteiger partial charge in [-0.15, -0.1) is 0 Å². The lowest BCUT2D eigenvalue weighted by Crippen LogP contribution is -2.00. The maximum atomic E-state index is 9.21. The number of nitrogens with zero attached hydrogens (tertiary/aromatic N) is 3. The predicted molar refractivity (Wildman–Crippen MR) is 76.5 cm³/mol. The quantitative estimate of drug-likeness (QED) is 0.759. The van der Waals surface area contributed by atoms with E-state index in [1.165, 1.54) is 6.33 Å². The Morgan fingerprint density at radius 3 is 2.95 bits per heavy atom. The van der Waals surface area contributed by atoms with Crippen LogP contribution in [0, 0.1) is 0 Å². The third-order valence-electron chi connectivity index (χ3n) is 2.94. The molecule has 2 aromatic heterocycles. The van der Waals surface area contributed by atoms with Gasteiger partial charge < -0.3 is 10.8 Å². The summed E-state index contributed by atoms with van der Waals surface area (Å²) < 4.78 is 2.58. The van der Waals surface area contributed by atoms with E-state index in [9.17, 15) is 5.11 Å². The summed E-state index contributed by atoms with van der Waals surface area (Å²) in [6.07, 6.45) is 1.42. The number of fused-ring (bicyclic) bond motifs is 1. The van der Waals surface area contributed by atoms with Crippen LogP contribution in [-0.2, 0) is 6.61 Å². The highest BCUT2D eigenvalue weighted by Gasteiger charge is 2.13. The van der Waals surface area contributed by atoms with Crippen LogP contribution in [0.5, 0.6) is 0 Å². The monoisotopic (exact) mass is 318 g/mol. The van der Waals surface area contributed by atoms with Gasteiger partial charge in [-0.3, -0.25) is 0 Å². The molecule has 3 rings (SSSR count). The molecular formula is C13H11BrN4O. The molecule has 6 heteroatoms. The topological polar surface area (TPSA) is 76.4 Å². The number of halogens is 1. The van der Waals surface area contributed by atoms with Crippen molar-refractivity contribution in [1.29, 1.82) is 0 Å². The Balaban J connectivity index is 2.28. The van der Waals surface area contributed by atoms with Crippen LogP contribution in [-0.4, -0.2) is 19.7 Å². The van der Waals surface area contributed by atoms with Crippen LogP contribution in [0.25, 0.3) is 16.8 Å². The molecule has 0 atom stereocenters. The normalized spacial score (nSPS) is 11.1. The molecule has 5 nitrogen and oxygen atoms in total. The molecule has 0 spiro atoms. The van der Waals surface area contributed by atoms with Crippen molar-refractivity contribution in [3.05, 3.63) is 46.7 Å². The minimum atomic E-state index is 0.00937. The Kier molecular flexibility index (Phi) is 2.96. The molecule has 0 unspecified atom stereocenters. The molecule has 0 bridgehead atoms. The maximum Gasteiger partial charge on any atom is 0.152 e. The van der Waals surface area contributed by atoms with E-state index < -0.39 is 0 Å². The molecule has 96 valence electrons. The smallest absolute Gasteiger partial charge is 0.152 e. The van der Waals surface area contributed by atoms with E-state index in [0.717, 1.165) is 26.8 Å². The SMILES string of the molecule is Nc1ncnn2c(-c3cccc(CO)c3)cc(Br)c12. The van der Waals surface area contributed by atoms with Crippen molar-refractivity contribution in [3.63, 3.8) is 0 Å². The molecule has 0 aliphatic heterocycles. The maximum absolute atomic E-state index is 9.21. The number of nitrogen functional groups attached to an aromatic ring is 1. The van der Waals surface area contributed by atoms with E-state index in [4.69, 9.17) is 5.73 Å². The van der Waals surface area contributed by atoms with E-state index >= 15 is 0 Å². The summed E-state index contributed by atoms with van der Waals surface area (Å²) in [5.41, 5.74) is 9.32. The van der Waals surface area contributed by atoms with Crippen molar-refractivity contribution in [2.24, 2.45) is 0 Å². The molecule has 0 radical (unpaired) electrons. The first-order valence-electron chi connectivity index (χ1n) is 5.68. The number of rotatable bonds is 2. The molecule has 3 N–H and O–H groups in total. The lowest BCUT2D eigenvalue weighted by Gasteiger charge is -2.04. The van der Waals surface area contributed by atoms with Crippen LogP contribution in [0.4, 0.5) is 5.82 Å². The number of aromatic nitrogens is 3. The van der Waals surface area contributed by atoms with Crippen molar-refractivity contribution in [2.75, 3.05) is 5.73 Å². The highest BCUT2D eigenvalue weighted by Crippen LogP contribution is 2.31. The van der Waals surface area contributed by atoms with Crippen LogP contribution in [0.1, 0.15) is 5.56 Å². The average Bonchev–Trinajstić information content (AvgIpc) is 2.78. The van der Waals surface area contributed by atoms with Gasteiger partial charge in [-0.1, -0.05) is 18.2 Å².